The largest absolute Gasteiger partial charge is 0.493 e. The Bertz CT molecular complexity index is 384. The van der Waals surface area contributed by atoms with Crippen LogP contribution in [0, 0.1) is 0 Å². The van der Waals surface area contributed by atoms with Crippen molar-refractivity contribution in [3.63, 3.8) is 0 Å². The third-order valence-electron chi connectivity index (χ3n) is 2.30. The van der Waals surface area contributed by atoms with E-state index >= 15 is 0 Å². The van der Waals surface area contributed by atoms with Crippen molar-refractivity contribution < 1.29 is 13.5 Å². The molecule has 0 bridgehead atoms. The number of fused-ring (bicyclic) bond motifs is 1. The summed E-state index contributed by atoms with van der Waals surface area (Å²) >= 11 is 8.92. The Morgan fingerprint density at radius 3 is 2.80 bits per heavy atom. The first-order chi connectivity index (χ1) is 7.09. The maximum absolute atomic E-state index is 12.5. The summed E-state index contributed by atoms with van der Waals surface area (Å²) < 4.78 is 31.1. The Morgan fingerprint density at radius 1 is 1.40 bits per heavy atom. The Kier molecular flexibility index (Phi) is 3.16. The number of ether oxygens (including phenoxy) is 1. The van der Waals surface area contributed by atoms with Crippen molar-refractivity contribution in [2.24, 2.45) is 0 Å². The molecule has 1 aliphatic rings. The zero-order chi connectivity index (χ0) is 11.0. The maximum atomic E-state index is 12.5. The monoisotopic (exact) mass is 296 g/mol. The van der Waals surface area contributed by atoms with Crippen molar-refractivity contribution in [1.29, 1.82) is 0 Å². The molecule has 1 aromatic rings. The molecule has 1 heterocycles. The number of halogens is 4. The van der Waals surface area contributed by atoms with Crippen LogP contribution in [0.3, 0.4) is 0 Å². The molecular weight excluding hydrogens is 289 g/mol. The van der Waals surface area contributed by atoms with E-state index in [1.54, 1.807) is 6.07 Å². The summed E-state index contributed by atoms with van der Waals surface area (Å²) in [5.41, 5.74) is 1.30. The lowest BCUT2D eigenvalue weighted by molar-refractivity contribution is 0.141. The average Bonchev–Trinajstić information content (AvgIpc) is 2.62. The number of rotatable bonds is 2. The molecule has 15 heavy (non-hydrogen) atoms. The summed E-state index contributed by atoms with van der Waals surface area (Å²) in [6.07, 6.45) is -1.84. The van der Waals surface area contributed by atoms with Crippen LogP contribution in [0.4, 0.5) is 8.78 Å². The van der Waals surface area contributed by atoms with Crippen LogP contribution in [0.15, 0.2) is 16.6 Å². The van der Waals surface area contributed by atoms with E-state index in [9.17, 15) is 8.78 Å². The molecule has 0 radical (unpaired) electrons. The van der Waals surface area contributed by atoms with Crippen LogP contribution in [0.25, 0.3) is 0 Å². The van der Waals surface area contributed by atoms with Gasteiger partial charge in [0.15, 0.2) is 0 Å². The molecule has 0 saturated heterocycles. The summed E-state index contributed by atoms with van der Waals surface area (Å²) in [6.45, 7) is 0.533. The Morgan fingerprint density at radius 2 is 2.13 bits per heavy atom. The number of benzene rings is 1. The van der Waals surface area contributed by atoms with E-state index in [0.29, 0.717) is 17.9 Å². The Balaban J connectivity index is 2.47. The van der Waals surface area contributed by atoms with Crippen molar-refractivity contribution in [1.82, 2.24) is 0 Å². The van der Waals surface area contributed by atoms with Gasteiger partial charge >= 0.3 is 0 Å². The van der Waals surface area contributed by atoms with Gasteiger partial charge in [0.1, 0.15) is 11.1 Å². The summed E-state index contributed by atoms with van der Waals surface area (Å²) in [5, 5.41) is -1.31. The summed E-state index contributed by atoms with van der Waals surface area (Å²) in [5.74, 6) is 0.526. The quantitative estimate of drug-likeness (QED) is 0.752. The van der Waals surface area contributed by atoms with Crippen molar-refractivity contribution >= 4 is 27.5 Å². The van der Waals surface area contributed by atoms with Crippen molar-refractivity contribution in [2.45, 2.75) is 18.2 Å². The normalized spacial score (nSPS) is 16.3. The molecule has 0 N–H and O–H groups in total. The third-order valence-corrected chi connectivity index (χ3v) is 3.18. The van der Waals surface area contributed by atoms with E-state index in [1.807, 2.05) is 6.07 Å². The molecule has 0 saturated carbocycles. The highest BCUT2D eigenvalue weighted by Gasteiger charge is 2.27. The van der Waals surface area contributed by atoms with Gasteiger partial charge in [0.2, 0.25) is 0 Å². The van der Waals surface area contributed by atoms with Gasteiger partial charge in [-0.25, -0.2) is 8.78 Å². The Labute approximate surface area is 99.5 Å². The average molecular weight is 298 g/mol. The van der Waals surface area contributed by atoms with Crippen molar-refractivity contribution in [3.8, 4) is 5.75 Å². The first-order valence-corrected chi connectivity index (χ1v) is 5.70. The number of hydrogen-bond donors (Lipinski definition) is 0. The molecule has 0 spiro atoms. The SMILES string of the molecule is FC(F)C(Cl)c1cc(Br)cc2c1OCC2. The van der Waals surface area contributed by atoms with E-state index in [-0.39, 0.29) is 0 Å². The lowest BCUT2D eigenvalue weighted by Gasteiger charge is -2.13. The van der Waals surface area contributed by atoms with Gasteiger partial charge in [-0.15, -0.1) is 11.6 Å². The first-order valence-electron chi connectivity index (χ1n) is 4.47. The van der Waals surface area contributed by atoms with Gasteiger partial charge in [-0.2, -0.15) is 0 Å². The smallest absolute Gasteiger partial charge is 0.258 e. The number of hydrogen-bond acceptors (Lipinski definition) is 1. The van der Waals surface area contributed by atoms with Crippen LogP contribution in [-0.2, 0) is 6.42 Å². The van der Waals surface area contributed by atoms with Gasteiger partial charge in [-0.1, -0.05) is 15.9 Å². The fourth-order valence-corrected chi connectivity index (χ4v) is 2.32. The van der Waals surface area contributed by atoms with Gasteiger partial charge in [0.25, 0.3) is 6.43 Å². The molecule has 2 rings (SSSR count). The number of alkyl halides is 3. The van der Waals surface area contributed by atoms with Gasteiger partial charge in [-0.3, -0.25) is 0 Å². The van der Waals surface area contributed by atoms with E-state index in [2.05, 4.69) is 15.9 Å². The van der Waals surface area contributed by atoms with Gasteiger partial charge in [0.05, 0.1) is 6.61 Å². The second-order valence-electron chi connectivity index (χ2n) is 3.32. The molecule has 0 aromatic heterocycles. The molecule has 1 unspecified atom stereocenters. The topological polar surface area (TPSA) is 9.23 Å². The third kappa shape index (κ3) is 2.11. The Hall–Kier alpha value is -0.350. The standard InChI is InChI=1S/C10H8BrClF2O/c11-6-3-5-1-2-15-9(5)7(4-6)8(12)10(13)14/h3-4,8,10H,1-2H2. The van der Waals surface area contributed by atoms with Crippen LogP contribution in [-0.4, -0.2) is 13.0 Å². The van der Waals surface area contributed by atoms with Crippen LogP contribution in [0.5, 0.6) is 5.75 Å². The highest BCUT2D eigenvalue weighted by molar-refractivity contribution is 9.10. The molecular formula is C10H8BrClF2O. The zero-order valence-electron chi connectivity index (χ0n) is 7.64. The fourth-order valence-electron chi connectivity index (χ4n) is 1.64. The summed E-state index contributed by atoms with van der Waals surface area (Å²) in [4.78, 5) is 0. The second-order valence-corrected chi connectivity index (χ2v) is 4.70. The van der Waals surface area contributed by atoms with Gasteiger partial charge in [-0.05, 0) is 17.7 Å². The van der Waals surface area contributed by atoms with Crippen LogP contribution >= 0.6 is 27.5 Å². The molecule has 1 aliphatic heterocycles. The van der Waals surface area contributed by atoms with E-state index in [4.69, 9.17) is 16.3 Å². The second kappa shape index (κ2) is 4.26. The minimum Gasteiger partial charge on any atom is -0.493 e. The highest BCUT2D eigenvalue weighted by Crippen LogP contribution is 2.40. The lowest BCUT2D eigenvalue weighted by Crippen LogP contribution is -2.04. The fraction of sp³-hybridized carbons (Fsp3) is 0.400. The van der Waals surface area contributed by atoms with Gasteiger partial charge in [0, 0.05) is 16.5 Å². The predicted octanol–water partition coefficient (Wildman–Crippen LogP) is 3.93. The minimum absolute atomic E-state index is 0.369. The minimum atomic E-state index is -2.59. The molecule has 1 aromatic carbocycles. The zero-order valence-corrected chi connectivity index (χ0v) is 9.99. The molecule has 1 atom stereocenters. The lowest BCUT2D eigenvalue weighted by atomic mass is 10.1. The van der Waals surface area contributed by atoms with E-state index in [1.165, 1.54) is 0 Å². The molecule has 0 aliphatic carbocycles. The molecule has 0 fully saturated rings. The molecule has 1 nitrogen and oxygen atoms in total. The van der Waals surface area contributed by atoms with Crippen molar-refractivity contribution in [2.75, 3.05) is 6.61 Å². The summed E-state index contributed by atoms with van der Waals surface area (Å²) in [7, 11) is 0. The predicted molar refractivity (Wildman–Crippen MR) is 57.9 cm³/mol. The van der Waals surface area contributed by atoms with E-state index < -0.39 is 11.8 Å². The van der Waals surface area contributed by atoms with Crippen LogP contribution in [0.2, 0.25) is 0 Å². The maximum Gasteiger partial charge on any atom is 0.258 e. The van der Waals surface area contributed by atoms with Crippen molar-refractivity contribution in [3.05, 3.63) is 27.7 Å². The highest BCUT2D eigenvalue weighted by atomic mass is 79.9. The van der Waals surface area contributed by atoms with Crippen LogP contribution in [0.1, 0.15) is 16.5 Å². The summed E-state index contributed by atoms with van der Waals surface area (Å²) in [6, 6.07) is 3.47. The first kappa shape index (κ1) is 11.1. The van der Waals surface area contributed by atoms with Crippen LogP contribution < -0.4 is 4.74 Å². The van der Waals surface area contributed by atoms with E-state index in [0.717, 1.165) is 16.5 Å². The molecule has 5 heteroatoms. The van der Waals surface area contributed by atoms with Gasteiger partial charge < -0.3 is 4.74 Å². The molecule has 0 amide bonds. The molecule has 82 valence electrons.